The van der Waals surface area contributed by atoms with Crippen molar-refractivity contribution in [2.75, 3.05) is 26.2 Å². The first-order valence-corrected chi connectivity index (χ1v) is 9.20. The van der Waals surface area contributed by atoms with Crippen LogP contribution in [0.5, 0.6) is 0 Å². The number of carbonyl (C=O) groups is 1. The lowest BCUT2D eigenvalue weighted by Crippen LogP contribution is -2.41. The van der Waals surface area contributed by atoms with Crippen molar-refractivity contribution in [2.24, 2.45) is 5.92 Å². The molecule has 2 heterocycles. The number of hydrogen-bond acceptors (Lipinski definition) is 4. The summed E-state index contributed by atoms with van der Waals surface area (Å²) in [6.07, 6.45) is 4.31. The fraction of sp³-hybridized carbons (Fsp3) is 0.526. The standard InChI is InChI=1S/C19H24N4O2/c24-18-16-8-2-1-7-15(16)17(20-21-18)13-22-9-4-10-23(12-11-22)19(25)14-5-3-6-14/h1-2,7-8,14H,3-6,9-13H2,(H,21,24). The van der Waals surface area contributed by atoms with Gasteiger partial charge >= 0.3 is 0 Å². The second-order valence-electron chi connectivity index (χ2n) is 7.13. The summed E-state index contributed by atoms with van der Waals surface area (Å²) in [5, 5.41) is 8.48. The van der Waals surface area contributed by atoms with Gasteiger partial charge in [-0.1, -0.05) is 24.6 Å². The monoisotopic (exact) mass is 340 g/mol. The van der Waals surface area contributed by atoms with Crippen LogP contribution in [0.1, 0.15) is 31.4 Å². The number of carbonyl (C=O) groups excluding carboxylic acids is 1. The van der Waals surface area contributed by atoms with E-state index in [0.29, 0.717) is 17.8 Å². The Morgan fingerprint density at radius 2 is 1.88 bits per heavy atom. The molecule has 0 atom stereocenters. The second kappa shape index (κ2) is 6.96. The maximum atomic E-state index is 12.5. The van der Waals surface area contributed by atoms with Crippen molar-refractivity contribution >= 4 is 16.7 Å². The van der Waals surface area contributed by atoms with Gasteiger partial charge in [0.25, 0.3) is 5.56 Å². The van der Waals surface area contributed by atoms with E-state index in [2.05, 4.69) is 15.1 Å². The number of benzene rings is 1. The molecule has 4 rings (SSSR count). The third kappa shape index (κ3) is 3.31. The molecule has 0 spiro atoms. The van der Waals surface area contributed by atoms with Crippen molar-refractivity contribution < 1.29 is 4.79 Å². The summed E-state index contributed by atoms with van der Waals surface area (Å²) in [6, 6.07) is 7.60. The minimum atomic E-state index is -0.146. The van der Waals surface area contributed by atoms with Crippen LogP contribution in [0.4, 0.5) is 0 Å². The number of aromatic nitrogens is 2. The maximum absolute atomic E-state index is 12.5. The molecule has 1 saturated carbocycles. The van der Waals surface area contributed by atoms with E-state index in [1.165, 1.54) is 6.42 Å². The van der Waals surface area contributed by atoms with Crippen LogP contribution in [0.15, 0.2) is 29.1 Å². The zero-order chi connectivity index (χ0) is 17.2. The van der Waals surface area contributed by atoms with Gasteiger partial charge in [-0.15, -0.1) is 0 Å². The SMILES string of the molecule is O=C(C1CCC1)N1CCCN(Cc2n[nH]c(=O)c3ccccc23)CC1. The smallest absolute Gasteiger partial charge is 0.272 e. The zero-order valence-electron chi connectivity index (χ0n) is 14.4. The van der Waals surface area contributed by atoms with Gasteiger partial charge in [-0.05, 0) is 25.3 Å². The minimum absolute atomic E-state index is 0.146. The molecule has 6 nitrogen and oxygen atoms in total. The number of amides is 1. The van der Waals surface area contributed by atoms with Gasteiger partial charge in [-0.2, -0.15) is 5.10 Å². The highest BCUT2D eigenvalue weighted by atomic mass is 16.2. The Labute approximate surface area is 146 Å². The molecule has 2 fully saturated rings. The summed E-state index contributed by atoms with van der Waals surface area (Å²) >= 11 is 0. The third-order valence-electron chi connectivity index (χ3n) is 5.50. The molecule has 1 amide bonds. The van der Waals surface area contributed by atoms with Gasteiger partial charge in [0.1, 0.15) is 0 Å². The Balaban J connectivity index is 1.46. The normalized spacial score (nSPS) is 19.6. The van der Waals surface area contributed by atoms with E-state index in [0.717, 1.165) is 56.5 Å². The number of aromatic amines is 1. The molecule has 25 heavy (non-hydrogen) atoms. The lowest BCUT2D eigenvalue weighted by molar-refractivity contribution is -0.138. The van der Waals surface area contributed by atoms with E-state index in [-0.39, 0.29) is 11.5 Å². The topological polar surface area (TPSA) is 69.3 Å². The molecule has 2 aromatic rings. The molecule has 0 bridgehead atoms. The molecule has 1 N–H and O–H groups in total. The fourth-order valence-corrected chi connectivity index (χ4v) is 3.77. The molecule has 1 aliphatic carbocycles. The Hall–Kier alpha value is -2.21. The molecule has 6 heteroatoms. The van der Waals surface area contributed by atoms with Crippen LogP contribution in [-0.4, -0.2) is 52.1 Å². The lowest BCUT2D eigenvalue weighted by Gasteiger charge is -2.31. The summed E-state index contributed by atoms with van der Waals surface area (Å²) < 4.78 is 0. The summed E-state index contributed by atoms with van der Waals surface area (Å²) in [6.45, 7) is 4.14. The average Bonchev–Trinajstić information content (AvgIpc) is 2.82. The van der Waals surface area contributed by atoms with Crippen molar-refractivity contribution in [3.63, 3.8) is 0 Å². The van der Waals surface area contributed by atoms with Crippen LogP contribution in [-0.2, 0) is 11.3 Å². The second-order valence-corrected chi connectivity index (χ2v) is 7.13. The van der Waals surface area contributed by atoms with Gasteiger partial charge in [-0.25, -0.2) is 5.10 Å². The van der Waals surface area contributed by atoms with Crippen LogP contribution in [0.25, 0.3) is 10.8 Å². The van der Waals surface area contributed by atoms with Crippen molar-refractivity contribution in [1.29, 1.82) is 0 Å². The number of rotatable bonds is 3. The third-order valence-corrected chi connectivity index (χ3v) is 5.50. The van der Waals surface area contributed by atoms with Crippen LogP contribution in [0.3, 0.4) is 0 Å². The highest BCUT2D eigenvalue weighted by Gasteiger charge is 2.30. The number of hydrogen-bond donors (Lipinski definition) is 1. The first-order valence-electron chi connectivity index (χ1n) is 9.20. The van der Waals surface area contributed by atoms with Crippen molar-refractivity contribution in [2.45, 2.75) is 32.2 Å². The van der Waals surface area contributed by atoms with E-state index in [4.69, 9.17) is 0 Å². The van der Waals surface area contributed by atoms with Crippen LogP contribution in [0.2, 0.25) is 0 Å². The molecule has 132 valence electrons. The zero-order valence-corrected chi connectivity index (χ0v) is 14.4. The highest BCUT2D eigenvalue weighted by Crippen LogP contribution is 2.28. The van der Waals surface area contributed by atoms with Crippen molar-refractivity contribution in [3.8, 4) is 0 Å². The van der Waals surface area contributed by atoms with E-state index in [9.17, 15) is 9.59 Å². The molecule has 1 aromatic carbocycles. The average molecular weight is 340 g/mol. The van der Waals surface area contributed by atoms with E-state index >= 15 is 0 Å². The molecule has 0 radical (unpaired) electrons. The Bertz CT molecular complexity index is 828. The summed E-state index contributed by atoms with van der Waals surface area (Å²) in [5.41, 5.74) is 0.751. The summed E-state index contributed by atoms with van der Waals surface area (Å²) in [7, 11) is 0. The van der Waals surface area contributed by atoms with E-state index in [1.54, 1.807) is 0 Å². The van der Waals surface area contributed by atoms with Crippen LogP contribution < -0.4 is 5.56 Å². The van der Waals surface area contributed by atoms with E-state index < -0.39 is 0 Å². The molecule has 1 saturated heterocycles. The number of H-pyrrole nitrogens is 1. The highest BCUT2D eigenvalue weighted by molar-refractivity contribution is 5.83. The molecular weight excluding hydrogens is 316 g/mol. The van der Waals surface area contributed by atoms with Crippen molar-refractivity contribution in [3.05, 3.63) is 40.3 Å². The van der Waals surface area contributed by atoms with Crippen LogP contribution in [0, 0.1) is 5.92 Å². The largest absolute Gasteiger partial charge is 0.341 e. The number of fused-ring (bicyclic) bond motifs is 1. The summed E-state index contributed by atoms with van der Waals surface area (Å²) in [4.78, 5) is 28.8. The van der Waals surface area contributed by atoms with Gasteiger partial charge in [0, 0.05) is 44.0 Å². The Morgan fingerprint density at radius 3 is 2.64 bits per heavy atom. The predicted molar refractivity (Wildman–Crippen MR) is 96.2 cm³/mol. The molecule has 1 aromatic heterocycles. The molecular formula is C19H24N4O2. The van der Waals surface area contributed by atoms with Gasteiger partial charge < -0.3 is 4.90 Å². The number of nitrogens with zero attached hydrogens (tertiary/aromatic N) is 3. The minimum Gasteiger partial charge on any atom is -0.341 e. The van der Waals surface area contributed by atoms with Gasteiger partial charge in [-0.3, -0.25) is 14.5 Å². The van der Waals surface area contributed by atoms with Gasteiger partial charge in [0.15, 0.2) is 0 Å². The van der Waals surface area contributed by atoms with Gasteiger partial charge in [0.05, 0.1) is 11.1 Å². The molecule has 1 aliphatic heterocycles. The Morgan fingerprint density at radius 1 is 1.08 bits per heavy atom. The maximum Gasteiger partial charge on any atom is 0.272 e. The fourth-order valence-electron chi connectivity index (χ4n) is 3.77. The van der Waals surface area contributed by atoms with Gasteiger partial charge in [0.2, 0.25) is 5.91 Å². The lowest BCUT2D eigenvalue weighted by atomic mass is 9.84. The van der Waals surface area contributed by atoms with Crippen LogP contribution >= 0.6 is 0 Å². The summed E-state index contributed by atoms with van der Waals surface area (Å²) in [5.74, 6) is 0.622. The Kier molecular flexibility index (Phi) is 4.53. The van der Waals surface area contributed by atoms with Crippen molar-refractivity contribution in [1.82, 2.24) is 20.0 Å². The first-order chi connectivity index (χ1) is 12.2. The molecule has 2 aliphatic rings. The molecule has 0 unspecified atom stereocenters. The number of nitrogens with one attached hydrogen (secondary N) is 1. The van der Waals surface area contributed by atoms with E-state index in [1.807, 2.05) is 29.2 Å². The quantitative estimate of drug-likeness (QED) is 0.924. The predicted octanol–water partition coefficient (Wildman–Crippen LogP) is 1.76. The first kappa shape index (κ1) is 16.3.